The second-order valence-corrected chi connectivity index (χ2v) is 5.48. The van der Waals surface area contributed by atoms with E-state index >= 15 is 0 Å². The number of anilines is 1. The van der Waals surface area contributed by atoms with E-state index in [0.29, 0.717) is 31.0 Å². The molecular formula is C15H18N6O2. The number of aromatic nitrogens is 4. The molecule has 2 aromatic heterocycles. The summed E-state index contributed by atoms with van der Waals surface area (Å²) < 4.78 is 0. The third-order valence-electron chi connectivity index (χ3n) is 3.90. The Bertz CT molecular complexity index is 663. The number of nitrogens with one attached hydrogen (secondary N) is 1. The van der Waals surface area contributed by atoms with E-state index in [1.54, 1.807) is 30.5 Å². The molecule has 0 spiro atoms. The van der Waals surface area contributed by atoms with E-state index in [1.807, 2.05) is 0 Å². The molecule has 0 radical (unpaired) electrons. The SMILES string of the molecule is CNc1ncc(C(=O)N2C[C@@H](Cc3cnccn3)[C@H](O)C2)cn1. The standard InChI is InChI=1S/C15H18N6O2/c1-16-15-19-5-11(6-20-15)14(23)21-8-10(13(22)9-21)4-12-7-17-2-3-18-12/h2-3,5-7,10,13,22H,4,8-9H2,1H3,(H,16,19,20)/t10-,13-/m1/s1. The molecule has 23 heavy (non-hydrogen) atoms. The molecule has 0 aromatic carbocycles. The second kappa shape index (κ2) is 6.66. The summed E-state index contributed by atoms with van der Waals surface area (Å²) in [6.07, 6.45) is 7.92. The highest BCUT2D eigenvalue weighted by molar-refractivity contribution is 5.94. The maximum atomic E-state index is 12.5. The Morgan fingerprint density at radius 1 is 1.26 bits per heavy atom. The molecule has 1 amide bonds. The van der Waals surface area contributed by atoms with Crippen LogP contribution >= 0.6 is 0 Å². The summed E-state index contributed by atoms with van der Waals surface area (Å²) in [7, 11) is 1.71. The lowest BCUT2D eigenvalue weighted by atomic mass is 10.0. The lowest BCUT2D eigenvalue weighted by Gasteiger charge is -2.15. The molecule has 1 saturated heterocycles. The normalized spacial score (nSPS) is 20.5. The topological polar surface area (TPSA) is 104 Å². The molecule has 8 nitrogen and oxygen atoms in total. The van der Waals surface area contributed by atoms with Crippen LogP contribution in [0.5, 0.6) is 0 Å². The number of aliphatic hydroxyl groups is 1. The van der Waals surface area contributed by atoms with Gasteiger partial charge in [-0.05, 0) is 6.42 Å². The number of hydrogen-bond donors (Lipinski definition) is 2. The van der Waals surface area contributed by atoms with Gasteiger partial charge < -0.3 is 15.3 Å². The van der Waals surface area contributed by atoms with E-state index in [1.165, 1.54) is 12.4 Å². The summed E-state index contributed by atoms with van der Waals surface area (Å²) in [6.45, 7) is 0.780. The van der Waals surface area contributed by atoms with Crippen LogP contribution in [-0.4, -0.2) is 62.1 Å². The summed E-state index contributed by atoms with van der Waals surface area (Å²) in [4.78, 5) is 30.4. The van der Waals surface area contributed by atoms with Crippen molar-refractivity contribution < 1.29 is 9.90 Å². The van der Waals surface area contributed by atoms with Crippen LogP contribution in [0, 0.1) is 5.92 Å². The quantitative estimate of drug-likeness (QED) is 0.817. The van der Waals surface area contributed by atoms with Gasteiger partial charge in [0.25, 0.3) is 5.91 Å². The van der Waals surface area contributed by atoms with Crippen molar-refractivity contribution in [2.45, 2.75) is 12.5 Å². The van der Waals surface area contributed by atoms with Gasteiger partial charge in [-0.15, -0.1) is 0 Å². The molecule has 0 saturated carbocycles. The fourth-order valence-corrected chi connectivity index (χ4v) is 2.67. The zero-order valence-corrected chi connectivity index (χ0v) is 12.8. The van der Waals surface area contributed by atoms with Gasteiger partial charge in [0.15, 0.2) is 0 Å². The predicted octanol–water partition coefficient (Wildman–Crippen LogP) is -0.0161. The van der Waals surface area contributed by atoms with Gasteiger partial charge in [0, 0.05) is 57.0 Å². The number of β-amino-alcohol motifs (C(OH)–C–C–N with tert-alkyl or cyclic N) is 1. The molecule has 0 aliphatic carbocycles. The van der Waals surface area contributed by atoms with Crippen molar-refractivity contribution in [3.8, 4) is 0 Å². The summed E-state index contributed by atoms with van der Waals surface area (Å²) in [5.41, 5.74) is 1.23. The van der Waals surface area contributed by atoms with Crippen molar-refractivity contribution >= 4 is 11.9 Å². The Balaban J connectivity index is 1.66. The Morgan fingerprint density at radius 3 is 2.70 bits per heavy atom. The van der Waals surface area contributed by atoms with Gasteiger partial charge in [0.05, 0.1) is 17.4 Å². The van der Waals surface area contributed by atoms with Crippen molar-refractivity contribution in [2.75, 3.05) is 25.5 Å². The molecule has 1 aliphatic heterocycles. The monoisotopic (exact) mass is 314 g/mol. The number of amides is 1. The molecule has 120 valence electrons. The third kappa shape index (κ3) is 3.42. The molecule has 0 unspecified atom stereocenters. The van der Waals surface area contributed by atoms with Gasteiger partial charge in [-0.3, -0.25) is 14.8 Å². The first-order valence-corrected chi connectivity index (χ1v) is 7.39. The van der Waals surface area contributed by atoms with E-state index in [2.05, 4.69) is 25.3 Å². The molecule has 3 rings (SSSR count). The number of hydrogen-bond acceptors (Lipinski definition) is 7. The van der Waals surface area contributed by atoms with Crippen LogP contribution in [0.4, 0.5) is 5.95 Å². The average Bonchev–Trinajstić information content (AvgIpc) is 2.96. The van der Waals surface area contributed by atoms with E-state index < -0.39 is 6.10 Å². The summed E-state index contributed by atoms with van der Waals surface area (Å²) in [5.74, 6) is 0.241. The van der Waals surface area contributed by atoms with Crippen molar-refractivity contribution in [3.05, 3.63) is 42.2 Å². The minimum Gasteiger partial charge on any atom is -0.391 e. The fraction of sp³-hybridized carbons (Fsp3) is 0.400. The molecular weight excluding hydrogens is 296 g/mol. The summed E-state index contributed by atoms with van der Waals surface area (Å²) in [5, 5.41) is 13.0. The highest BCUT2D eigenvalue weighted by atomic mass is 16.3. The minimum absolute atomic E-state index is 0.0480. The molecule has 1 aliphatic rings. The van der Waals surface area contributed by atoms with Gasteiger partial charge in [-0.25, -0.2) is 9.97 Å². The van der Waals surface area contributed by atoms with Crippen LogP contribution in [0.1, 0.15) is 16.1 Å². The van der Waals surface area contributed by atoms with E-state index in [0.717, 1.165) is 5.69 Å². The van der Waals surface area contributed by atoms with Crippen LogP contribution in [0.3, 0.4) is 0 Å². The van der Waals surface area contributed by atoms with Crippen LogP contribution in [0.2, 0.25) is 0 Å². The lowest BCUT2D eigenvalue weighted by molar-refractivity contribution is 0.0764. The first kappa shape index (κ1) is 15.3. The van der Waals surface area contributed by atoms with Crippen LogP contribution < -0.4 is 5.32 Å². The Hall–Kier alpha value is -2.61. The van der Waals surface area contributed by atoms with Crippen LogP contribution in [-0.2, 0) is 6.42 Å². The van der Waals surface area contributed by atoms with E-state index in [-0.39, 0.29) is 11.8 Å². The molecule has 2 aromatic rings. The Labute approximate surface area is 133 Å². The zero-order chi connectivity index (χ0) is 16.2. The maximum absolute atomic E-state index is 12.5. The molecule has 0 bridgehead atoms. The molecule has 8 heteroatoms. The number of likely N-dealkylation sites (tertiary alicyclic amines) is 1. The number of nitrogens with zero attached hydrogens (tertiary/aromatic N) is 5. The first-order chi connectivity index (χ1) is 11.2. The average molecular weight is 314 g/mol. The van der Waals surface area contributed by atoms with Gasteiger partial charge in [0.1, 0.15) is 0 Å². The summed E-state index contributed by atoms with van der Waals surface area (Å²) >= 11 is 0. The van der Waals surface area contributed by atoms with E-state index in [9.17, 15) is 9.90 Å². The van der Waals surface area contributed by atoms with Crippen LogP contribution in [0.15, 0.2) is 31.0 Å². The predicted molar refractivity (Wildman–Crippen MR) is 82.7 cm³/mol. The highest BCUT2D eigenvalue weighted by Crippen LogP contribution is 2.22. The van der Waals surface area contributed by atoms with Crippen molar-refractivity contribution in [2.24, 2.45) is 5.92 Å². The van der Waals surface area contributed by atoms with Crippen molar-refractivity contribution in [3.63, 3.8) is 0 Å². The van der Waals surface area contributed by atoms with Gasteiger partial charge >= 0.3 is 0 Å². The van der Waals surface area contributed by atoms with Crippen molar-refractivity contribution in [1.29, 1.82) is 0 Å². The molecule has 3 heterocycles. The minimum atomic E-state index is -0.571. The Kier molecular flexibility index (Phi) is 4.42. The largest absolute Gasteiger partial charge is 0.391 e. The number of aliphatic hydroxyl groups excluding tert-OH is 1. The first-order valence-electron chi connectivity index (χ1n) is 7.39. The Morgan fingerprint density at radius 2 is 2.04 bits per heavy atom. The van der Waals surface area contributed by atoms with Gasteiger partial charge in [0.2, 0.25) is 5.95 Å². The lowest BCUT2D eigenvalue weighted by Crippen LogP contribution is -2.29. The van der Waals surface area contributed by atoms with Crippen molar-refractivity contribution in [1.82, 2.24) is 24.8 Å². The highest BCUT2D eigenvalue weighted by Gasteiger charge is 2.34. The third-order valence-corrected chi connectivity index (χ3v) is 3.90. The van der Waals surface area contributed by atoms with Gasteiger partial charge in [-0.2, -0.15) is 0 Å². The fourth-order valence-electron chi connectivity index (χ4n) is 2.67. The number of carbonyl (C=O) groups is 1. The summed E-state index contributed by atoms with van der Waals surface area (Å²) in [6, 6.07) is 0. The van der Waals surface area contributed by atoms with E-state index in [4.69, 9.17) is 0 Å². The zero-order valence-electron chi connectivity index (χ0n) is 12.8. The maximum Gasteiger partial charge on any atom is 0.257 e. The van der Waals surface area contributed by atoms with Gasteiger partial charge in [-0.1, -0.05) is 0 Å². The number of carbonyl (C=O) groups excluding carboxylic acids is 1. The molecule has 1 fully saturated rings. The smallest absolute Gasteiger partial charge is 0.257 e. The number of rotatable bonds is 4. The molecule has 2 N–H and O–H groups in total. The molecule has 2 atom stereocenters. The van der Waals surface area contributed by atoms with Crippen LogP contribution in [0.25, 0.3) is 0 Å². The second-order valence-electron chi connectivity index (χ2n) is 5.48.